The molecule has 0 heterocycles. The van der Waals surface area contributed by atoms with E-state index in [2.05, 4.69) is 5.32 Å². The fraction of sp³-hybridized carbons (Fsp3) is 0.333. The second-order valence-electron chi connectivity index (χ2n) is 6.27. The molecule has 0 aliphatic carbocycles. The van der Waals surface area contributed by atoms with Crippen molar-refractivity contribution in [2.24, 2.45) is 0 Å². The second-order valence-corrected chi connectivity index (χ2v) is 6.27. The molecule has 6 heteroatoms. The third kappa shape index (κ3) is 5.54. The molecule has 5 nitrogen and oxygen atoms in total. The lowest BCUT2D eigenvalue weighted by Gasteiger charge is -2.30. The minimum Gasteiger partial charge on any atom is -0.481 e. The molecule has 1 atom stereocenters. The monoisotopic (exact) mass is 372 g/mol. The lowest BCUT2D eigenvalue weighted by molar-refractivity contribution is -0.142. The topological polar surface area (TPSA) is 58.6 Å². The van der Waals surface area contributed by atoms with E-state index in [-0.39, 0.29) is 30.7 Å². The average Bonchev–Trinajstić information content (AvgIpc) is 2.66. The number of ether oxygens (including phenoxy) is 1. The van der Waals surface area contributed by atoms with Gasteiger partial charge in [-0.15, -0.1) is 0 Å². The molecule has 0 saturated carbocycles. The first-order valence-corrected chi connectivity index (χ1v) is 8.90. The Bertz CT molecular complexity index is 795. The number of nitrogens with zero attached hydrogens (tertiary/aromatic N) is 1. The standard InChI is InChI=1S/C21H25FN2O3/c1-4-18(21(26)23-3)24(13-16-9-7-8-15(2)12-16)20(25)14-27-19-11-6-5-10-17(19)22/h5-12,18H,4,13-14H2,1-3H3,(H,23,26). The molecule has 0 aliphatic heterocycles. The third-order valence-corrected chi connectivity index (χ3v) is 4.26. The van der Waals surface area contributed by atoms with Crippen LogP contribution in [0, 0.1) is 12.7 Å². The Morgan fingerprint density at radius 1 is 1.19 bits per heavy atom. The quantitative estimate of drug-likeness (QED) is 0.775. The molecule has 0 saturated heterocycles. The van der Waals surface area contributed by atoms with E-state index in [0.717, 1.165) is 11.1 Å². The second kappa shape index (κ2) is 9.71. The van der Waals surface area contributed by atoms with Crippen LogP contribution in [0.5, 0.6) is 5.75 Å². The number of likely N-dealkylation sites (N-methyl/N-ethyl adjacent to an activating group) is 1. The van der Waals surface area contributed by atoms with Crippen LogP contribution in [0.15, 0.2) is 48.5 Å². The summed E-state index contributed by atoms with van der Waals surface area (Å²) in [4.78, 5) is 26.6. The number of carbonyl (C=O) groups is 2. The van der Waals surface area contributed by atoms with Crippen LogP contribution in [0.4, 0.5) is 4.39 Å². The maximum atomic E-state index is 13.7. The number of amides is 2. The van der Waals surface area contributed by atoms with Crippen molar-refractivity contribution >= 4 is 11.8 Å². The Morgan fingerprint density at radius 3 is 2.56 bits per heavy atom. The number of carbonyl (C=O) groups excluding carboxylic acids is 2. The number of rotatable bonds is 8. The maximum absolute atomic E-state index is 13.7. The fourth-order valence-corrected chi connectivity index (χ4v) is 2.88. The first-order chi connectivity index (χ1) is 13.0. The van der Waals surface area contributed by atoms with Crippen molar-refractivity contribution in [2.45, 2.75) is 32.9 Å². The smallest absolute Gasteiger partial charge is 0.261 e. The van der Waals surface area contributed by atoms with Crippen molar-refractivity contribution in [1.82, 2.24) is 10.2 Å². The Kier molecular flexibility index (Phi) is 7.34. The Hall–Kier alpha value is -2.89. The predicted molar refractivity (Wildman–Crippen MR) is 102 cm³/mol. The molecule has 2 aromatic rings. The number of nitrogens with one attached hydrogen (secondary N) is 1. The molecule has 2 aromatic carbocycles. The molecule has 2 rings (SSSR count). The molecular weight excluding hydrogens is 347 g/mol. The van der Waals surface area contributed by atoms with Crippen molar-refractivity contribution in [3.8, 4) is 5.75 Å². The summed E-state index contributed by atoms with van der Waals surface area (Å²) < 4.78 is 19.1. The van der Waals surface area contributed by atoms with E-state index in [1.807, 2.05) is 38.1 Å². The van der Waals surface area contributed by atoms with Crippen molar-refractivity contribution in [1.29, 1.82) is 0 Å². The van der Waals surface area contributed by atoms with E-state index < -0.39 is 11.9 Å². The number of benzene rings is 2. The van der Waals surface area contributed by atoms with E-state index in [4.69, 9.17) is 4.74 Å². The first kappa shape index (κ1) is 20.4. The van der Waals surface area contributed by atoms with E-state index in [9.17, 15) is 14.0 Å². The van der Waals surface area contributed by atoms with Gasteiger partial charge in [0.1, 0.15) is 6.04 Å². The van der Waals surface area contributed by atoms with E-state index in [1.54, 1.807) is 12.1 Å². The van der Waals surface area contributed by atoms with Gasteiger partial charge in [0.15, 0.2) is 18.2 Å². The molecule has 0 spiro atoms. The number of hydrogen-bond donors (Lipinski definition) is 1. The molecule has 144 valence electrons. The fourth-order valence-electron chi connectivity index (χ4n) is 2.88. The average molecular weight is 372 g/mol. The zero-order valence-corrected chi connectivity index (χ0v) is 15.9. The summed E-state index contributed by atoms with van der Waals surface area (Å²) in [5.41, 5.74) is 1.98. The zero-order valence-electron chi connectivity index (χ0n) is 15.9. The molecule has 0 bridgehead atoms. The van der Waals surface area contributed by atoms with Gasteiger partial charge >= 0.3 is 0 Å². The lowest BCUT2D eigenvalue weighted by Crippen LogP contribution is -2.49. The summed E-state index contributed by atoms with van der Waals surface area (Å²) in [6.07, 6.45) is 0.455. The summed E-state index contributed by atoms with van der Waals surface area (Å²) in [7, 11) is 1.54. The van der Waals surface area contributed by atoms with E-state index in [0.29, 0.717) is 6.42 Å². The van der Waals surface area contributed by atoms with Crippen LogP contribution in [0.1, 0.15) is 24.5 Å². The van der Waals surface area contributed by atoms with Gasteiger partial charge in [-0.3, -0.25) is 9.59 Å². The number of hydrogen-bond acceptors (Lipinski definition) is 3. The van der Waals surface area contributed by atoms with Gasteiger partial charge in [-0.05, 0) is 31.0 Å². The summed E-state index contributed by atoms with van der Waals surface area (Å²) in [5, 5.41) is 2.60. The maximum Gasteiger partial charge on any atom is 0.261 e. The van der Waals surface area contributed by atoms with E-state index in [1.165, 1.54) is 24.1 Å². The predicted octanol–water partition coefficient (Wildman–Crippen LogP) is 3.07. The molecule has 0 fully saturated rings. The van der Waals surface area contributed by atoms with Crippen molar-refractivity contribution in [3.63, 3.8) is 0 Å². The highest BCUT2D eigenvalue weighted by Gasteiger charge is 2.28. The summed E-state index contributed by atoms with van der Waals surface area (Å²) in [5.74, 6) is -1.15. The van der Waals surface area contributed by atoms with Gasteiger partial charge in [-0.1, -0.05) is 48.9 Å². The van der Waals surface area contributed by atoms with E-state index >= 15 is 0 Å². The highest BCUT2D eigenvalue weighted by Crippen LogP contribution is 2.17. The van der Waals surface area contributed by atoms with Crippen LogP contribution < -0.4 is 10.1 Å². The highest BCUT2D eigenvalue weighted by atomic mass is 19.1. The molecule has 0 aromatic heterocycles. The first-order valence-electron chi connectivity index (χ1n) is 8.90. The number of aryl methyl sites for hydroxylation is 1. The molecular formula is C21H25FN2O3. The highest BCUT2D eigenvalue weighted by molar-refractivity contribution is 5.88. The van der Waals surface area contributed by atoms with Gasteiger partial charge in [-0.25, -0.2) is 4.39 Å². The van der Waals surface area contributed by atoms with Crippen LogP contribution >= 0.6 is 0 Å². The van der Waals surface area contributed by atoms with Crippen molar-refractivity contribution < 1.29 is 18.7 Å². The molecule has 0 radical (unpaired) electrons. The molecule has 27 heavy (non-hydrogen) atoms. The van der Waals surface area contributed by atoms with Crippen molar-refractivity contribution in [2.75, 3.05) is 13.7 Å². The Balaban J connectivity index is 2.20. The van der Waals surface area contributed by atoms with Gasteiger partial charge in [0.05, 0.1) is 0 Å². The normalized spacial score (nSPS) is 11.6. The van der Waals surface area contributed by atoms with Crippen LogP contribution in [0.3, 0.4) is 0 Å². The largest absolute Gasteiger partial charge is 0.481 e. The lowest BCUT2D eigenvalue weighted by atomic mass is 10.1. The van der Waals surface area contributed by atoms with Gasteiger partial charge in [0.2, 0.25) is 5.91 Å². The minimum absolute atomic E-state index is 0.00865. The summed E-state index contributed by atoms with van der Waals surface area (Å²) >= 11 is 0. The Morgan fingerprint density at radius 2 is 1.93 bits per heavy atom. The Labute approximate surface area is 159 Å². The molecule has 1 unspecified atom stereocenters. The zero-order chi connectivity index (χ0) is 19.8. The summed E-state index contributed by atoms with van der Waals surface area (Å²) in [6.45, 7) is 3.73. The molecule has 2 amide bonds. The molecule has 0 aliphatic rings. The van der Waals surface area contributed by atoms with Crippen LogP contribution in [0.25, 0.3) is 0 Å². The third-order valence-electron chi connectivity index (χ3n) is 4.26. The van der Waals surface area contributed by atoms with Crippen molar-refractivity contribution in [3.05, 3.63) is 65.5 Å². The van der Waals surface area contributed by atoms with Crippen LogP contribution in [-0.2, 0) is 16.1 Å². The van der Waals surface area contributed by atoms with Gasteiger partial charge in [0, 0.05) is 13.6 Å². The SMILES string of the molecule is CCC(C(=O)NC)N(Cc1cccc(C)c1)C(=O)COc1ccccc1F. The van der Waals surface area contributed by atoms with Gasteiger partial charge in [0.25, 0.3) is 5.91 Å². The summed E-state index contributed by atoms with van der Waals surface area (Å²) in [6, 6.07) is 13.0. The molecule has 1 N–H and O–H groups in total. The van der Waals surface area contributed by atoms with Gasteiger partial charge < -0.3 is 15.0 Å². The van der Waals surface area contributed by atoms with Crippen LogP contribution in [0.2, 0.25) is 0 Å². The van der Waals surface area contributed by atoms with Gasteiger partial charge in [-0.2, -0.15) is 0 Å². The number of para-hydroxylation sites is 1. The minimum atomic E-state index is -0.632. The van der Waals surface area contributed by atoms with Crippen LogP contribution in [-0.4, -0.2) is 36.4 Å². The number of halogens is 1.